The average molecular weight is 261 g/mol. The van der Waals surface area contributed by atoms with Crippen molar-refractivity contribution in [2.24, 2.45) is 0 Å². The van der Waals surface area contributed by atoms with E-state index in [1.54, 1.807) is 13.4 Å². The van der Waals surface area contributed by atoms with Crippen LogP contribution in [0.5, 0.6) is 11.5 Å². The van der Waals surface area contributed by atoms with Gasteiger partial charge in [-0.3, -0.25) is 0 Å². The summed E-state index contributed by atoms with van der Waals surface area (Å²) in [4.78, 5) is 0. The van der Waals surface area contributed by atoms with E-state index in [2.05, 4.69) is 12.2 Å². The molecule has 4 nitrogen and oxygen atoms in total. The van der Waals surface area contributed by atoms with Crippen LogP contribution >= 0.6 is 0 Å². The van der Waals surface area contributed by atoms with Gasteiger partial charge in [0.25, 0.3) is 0 Å². The van der Waals surface area contributed by atoms with Crippen molar-refractivity contribution < 1.29 is 13.9 Å². The molecule has 19 heavy (non-hydrogen) atoms. The number of hydrogen-bond acceptors (Lipinski definition) is 4. The van der Waals surface area contributed by atoms with E-state index < -0.39 is 0 Å². The van der Waals surface area contributed by atoms with E-state index in [9.17, 15) is 0 Å². The number of ether oxygens (including phenoxy) is 2. The van der Waals surface area contributed by atoms with Crippen molar-refractivity contribution in [1.29, 1.82) is 0 Å². The van der Waals surface area contributed by atoms with Gasteiger partial charge in [0.05, 0.1) is 19.4 Å². The van der Waals surface area contributed by atoms with Gasteiger partial charge in [-0.15, -0.1) is 0 Å². The van der Waals surface area contributed by atoms with Gasteiger partial charge >= 0.3 is 0 Å². The molecule has 0 bridgehead atoms. The highest BCUT2D eigenvalue weighted by Crippen LogP contribution is 2.17. The van der Waals surface area contributed by atoms with Crippen LogP contribution in [-0.4, -0.2) is 20.3 Å². The monoisotopic (exact) mass is 261 g/mol. The van der Waals surface area contributed by atoms with Crippen molar-refractivity contribution in [2.45, 2.75) is 13.0 Å². The minimum atomic E-state index is 0.189. The SMILES string of the molecule is COc1ccc(OCCNC(C)c2ccco2)cc1. The lowest BCUT2D eigenvalue weighted by atomic mass is 10.2. The van der Waals surface area contributed by atoms with Gasteiger partial charge in [0.15, 0.2) is 0 Å². The lowest BCUT2D eigenvalue weighted by Crippen LogP contribution is -2.24. The maximum atomic E-state index is 5.62. The van der Waals surface area contributed by atoms with E-state index in [0.717, 1.165) is 23.8 Å². The molecule has 2 aromatic rings. The van der Waals surface area contributed by atoms with Crippen LogP contribution in [-0.2, 0) is 0 Å². The van der Waals surface area contributed by atoms with E-state index >= 15 is 0 Å². The lowest BCUT2D eigenvalue weighted by molar-refractivity contribution is 0.301. The summed E-state index contributed by atoms with van der Waals surface area (Å²) in [6.07, 6.45) is 1.68. The zero-order valence-corrected chi connectivity index (χ0v) is 11.3. The molecule has 0 saturated heterocycles. The maximum Gasteiger partial charge on any atom is 0.120 e. The largest absolute Gasteiger partial charge is 0.497 e. The first-order valence-electron chi connectivity index (χ1n) is 6.33. The highest BCUT2D eigenvalue weighted by molar-refractivity contribution is 5.31. The summed E-state index contributed by atoms with van der Waals surface area (Å²) in [5.41, 5.74) is 0. The molecule has 0 amide bonds. The maximum absolute atomic E-state index is 5.62. The number of nitrogens with one attached hydrogen (secondary N) is 1. The fourth-order valence-corrected chi connectivity index (χ4v) is 1.75. The molecule has 1 aromatic carbocycles. The molecule has 0 saturated carbocycles. The molecular formula is C15H19NO3. The molecule has 1 atom stereocenters. The Morgan fingerprint density at radius 3 is 2.53 bits per heavy atom. The highest BCUT2D eigenvalue weighted by Gasteiger charge is 2.06. The molecule has 102 valence electrons. The molecule has 2 rings (SSSR count). The fourth-order valence-electron chi connectivity index (χ4n) is 1.75. The Labute approximate surface area is 113 Å². The van der Waals surface area contributed by atoms with Crippen LogP contribution in [0.1, 0.15) is 18.7 Å². The summed E-state index contributed by atoms with van der Waals surface area (Å²) < 4.78 is 16.0. The van der Waals surface area contributed by atoms with Gasteiger partial charge < -0.3 is 19.2 Å². The van der Waals surface area contributed by atoms with Gasteiger partial charge in [0.2, 0.25) is 0 Å². The lowest BCUT2D eigenvalue weighted by Gasteiger charge is -2.12. The second-order valence-corrected chi connectivity index (χ2v) is 4.22. The molecule has 1 N–H and O–H groups in total. The average Bonchev–Trinajstić information content (AvgIpc) is 2.98. The zero-order chi connectivity index (χ0) is 13.5. The van der Waals surface area contributed by atoms with Crippen molar-refractivity contribution in [3.05, 3.63) is 48.4 Å². The smallest absolute Gasteiger partial charge is 0.120 e. The van der Waals surface area contributed by atoms with Gasteiger partial charge in [-0.05, 0) is 43.3 Å². The number of methoxy groups -OCH3 is 1. The van der Waals surface area contributed by atoms with E-state index in [1.165, 1.54) is 0 Å². The summed E-state index contributed by atoms with van der Waals surface area (Å²) in [6, 6.07) is 11.6. The molecular weight excluding hydrogens is 242 g/mol. The van der Waals surface area contributed by atoms with E-state index in [1.807, 2.05) is 36.4 Å². The Hall–Kier alpha value is -1.94. The first-order valence-corrected chi connectivity index (χ1v) is 6.33. The number of benzene rings is 1. The third-order valence-electron chi connectivity index (χ3n) is 2.85. The van der Waals surface area contributed by atoms with Gasteiger partial charge in [-0.25, -0.2) is 0 Å². The fraction of sp³-hybridized carbons (Fsp3) is 0.333. The molecule has 0 aliphatic heterocycles. The number of hydrogen-bond donors (Lipinski definition) is 1. The minimum Gasteiger partial charge on any atom is -0.497 e. The normalized spacial score (nSPS) is 12.1. The Morgan fingerprint density at radius 2 is 1.89 bits per heavy atom. The molecule has 1 heterocycles. The van der Waals surface area contributed by atoms with Crippen LogP contribution in [0, 0.1) is 0 Å². The first kappa shape index (κ1) is 13.5. The molecule has 0 fully saturated rings. The van der Waals surface area contributed by atoms with Crippen LogP contribution < -0.4 is 14.8 Å². The third-order valence-corrected chi connectivity index (χ3v) is 2.85. The molecule has 0 radical (unpaired) electrons. The Kier molecular flexibility index (Phi) is 4.86. The number of rotatable bonds is 7. The molecule has 0 aliphatic rings. The molecule has 1 aromatic heterocycles. The number of furan rings is 1. The van der Waals surface area contributed by atoms with Crippen LogP contribution in [0.3, 0.4) is 0 Å². The standard InChI is InChI=1S/C15H19NO3/c1-12(15-4-3-10-19-15)16-9-11-18-14-7-5-13(17-2)6-8-14/h3-8,10,12,16H,9,11H2,1-2H3. The molecule has 1 unspecified atom stereocenters. The van der Waals surface area contributed by atoms with Crippen LogP contribution in [0.25, 0.3) is 0 Å². The van der Waals surface area contributed by atoms with E-state index in [4.69, 9.17) is 13.9 Å². The van der Waals surface area contributed by atoms with Gasteiger partial charge in [-0.2, -0.15) is 0 Å². The predicted octanol–water partition coefficient (Wildman–Crippen LogP) is 3.02. The summed E-state index contributed by atoms with van der Waals surface area (Å²) in [7, 11) is 1.65. The molecule has 4 heteroatoms. The second kappa shape index (κ2) is 6.85. The molecule has 0 spiro atoms. The summed E-state index contributed by atoms with van der Waals surface area (Å²) in [6.45, 7) is 3.43. The first-order chi connectivity index (χ1) is 9.29. The van der Waals surface area contributed by atoms with Crippen molar-refractivity contribution in [2.75, 3.05) is 20.3 Å². The van der Waals surface area contributed by atoms with Crippen LogP contribution in [0.2, 0.25) is 0 Å². The Morgan fingerprint density at radius 1 is 1.16 bits per heavy atom. The second-order valence-electron chi connectivity index (χ2n) is 4.22. The van der Waals surface area contributed by atoms with Crippen LogP contribution in [0.4, 0.5) is 0 Å². The topological polar surface area (TPSA) is 43.6 Å². The van der Waals surface area contributed by atoms with Crippen molar-refractivity contribution >= 4 is 0 Å². The minimum absolute atomic E-state index is 0.189. The Balaban J connectivity index is 1.68. The van der Waals surface area contributed by atoms with Crippen LogP contribution in [0.15, 0.2) is 47.1 Å². The van der Waals surface area contributed by atoms with E-state index in [-0.39, 0.29) is 6.04 Å². The van der Waals surface area contributed by atoms with Gasteiger partial charge in [0, 0.05) is 6.54 Å². The highest BCUT2D eigenvalue weighted by atomic mass is 16.5. The van der Waals surface area contributed by atoms with Crippen molar-refractivity contribution in [1.82, 2.24) is 5.32 Å². The van der Waals surface area contributed by atoms with Crippen molar-refractivity contribution in [3.8, 4) is 11.5 Å². The summed E-state index contributed by atoms with van der Waals surface area (Å²) in [5, 5.41) is 3.33. The van der Waals surface area contributed by atoms with Gasteiger partial charge in [0.1, 0.15) is 23.9 Å². The van der Waals surface area contributed by atoms with Gasteiger partial charge in [-0.1, -0.05) is 0 Å². The quantitative estimate of drug-likeness (QED) is 0.778. The summed E-state index contributed by atoms with van der Waals surface area (Å²) in [5.74, 6) is 2.61. The Bertz CT molecular complexity index is 465. The zero-order valence-electron chi connectivity index (χ0n) is 11.3. The van der Waals surface area contributed by atoms with E-state index in [0.29, 0.717) is 6.61 Å². The van der Waals surface area contributed by atoms with Crippen molar-refractivity contribution in [3.63, 3.8) is 0 Å². The summed E-state index contributed by atoms with van der Waals surface area (Å²) >= 11 is 0. The third kappa shape index (κ3) is 4.03. The predicted molar refractivity (Wildman–Crippen MR) is 73.6 cm³/mol. The molecule has 0 aliphatic carbocycles.